The summed E-state index contributed by atoms with van der Waals surface area (Å²) in [5.74, 6) is 0. The van der Waals surface area contributed by atoms with Crippen molar-refractivity contribution in [3.63, 3.8) is 0 Å². The van der Waals surface area contributed by atoms with Crippen LogP contribution in [0.5, 0.6) is 0 Å². The fourth-order valence-corrected chi connectivity index (χ4v) is 1.59. The van der Waals surface area contributed by atoms with E-state index < -0.39 is 4.92 Å². The molecular weight excluding hydrogens is 220 g/mol. The van der Waals surface area contributed by atoms with Gasteiger partial charge in [-0.25, -0.2) is 0 Å². The Kier molecular flexibility index (Phi) is 2.88. The van der Waals surface area contributed by atoms with Gasteiger partial charge in [0.05, 0.1) is 16.3 Å². The Bertz CT molecular complexity index is 545. The van der Waals surface area contributed by atoms with E-state index in [1.54, 1.807) is 16.8 Å². The zero-order valence-electron chi connectivity index (χ0n) is 9.33. The highest BCUT2D eigenvalue weighted by molar-refractivity contribution is 5.61. The second kappa shape index (κ2) is 4.34. The maximum atomic E-state index is 10.5. The van der Waals surface area contributed by atoms with Crippen molar-refractivity contribution < 1.29 is 4.92 Å². The molecule has 0 saturated carbocycles. The Morgan fingerprint density at radius 3 is 2.53 bits per heavy atom. The third-order valence-corrected chi connectivity index (χ3v) is 2.56. The van der Waals surface area contributed by atoms with Crippen LogP contribution >= 0.6 is 0 Å². The van der Waals surface area contributed by atoms with Gasteiger partial charge in [0.1, 0.15) is 0 Å². The number of rotatable bonds is 3. The fourth-order valence-electron chi connectivity index (χ4n) is 1.59. The second-order valence-electron chi connectivity index (χ2n) is 3.65. The number of aromatic nitrogens is 2. The zero-order chi connectivity index (χ0) is 12.4. The van der Waals surface area contributed by atoms with Crippen LogP contribution in [-0.2, 0) is 13.6 Å². The molecule has 0 atom stereocenters. The van der Waals surface area contributed by atoms with Gasteiger partial charge in [-0.05, 0) is 18.2 Å². The first-order chi connectivity index (χ1) is 8.11. The van der Waals surface area contributed by atoms with E-state index in [-0.39, 0.29) is 5.69 Å². The van der Waals surface area contributed by atoms with Crippen molar-refractivity contribution in [3.8, 4) is 11.3 Å². The molecule has 1 aromatic heterocycles. The predicted octanol–water partition coefficient (Wildman–Crippen LogP) is 1.45. The summed E-state index contributed by atoms with van der Waals surface area (Å²) in [6.45, 7) is 0.413. The second-order valence-corrected chi connectivity index (χ2v) is 3.65. The molecule has 1 heterocycles. The normalized spacial score (nSPS) is 10.5. The molecule has 0 bridgehead atoms. The predicted molar refractivity (Wildman–Crippen MR) is 63.2 cm³/mol. The molecule has 0 aliphatic carbocycles. The highest BCUT2D eigenvalue weighted by atomic mass is 16.6. The Morgan fingerprint density at radius 1 is 1.41 bits per heavy atom. The minimum Gasteiger partial charge on any atom is -0.325 e. The molecule has 6 heteroatoms. The molecule has 0 amide bonds. The molecule has 0 saturated heterocycles. The molecule has 2 rings (SSSR count). The van der Waals surface area contributed by atoms with Crippen LogP contribution in [0.25, 0.3) is 11.3 Å². The van der Waals surface area contributed by atoms with Gasteiger partial charge in [0.15, 0.2) is 0 Å². The van der Waals surface area contributed by atoms with Crippen molar-refractivity contribution in [3.05, 3.63) is 46.1 Å². The van der Waals surface area contributed by atoms with Gasteiger partial charge in [-0.3, -0.25) is 14.8 Å². The summed E-state index contributed by atoms with van der Waals surface area (Å²) in [5.41, 5.74) is 8.15. The molecule has 17 heavy (non-hydrogen) atoms. The average molecular weight is 232 g/mol. The molecule has 2 N–H and O–H groups in total. The van der Waals surface area contributed by atoms with Crippen molar-refractivity contribution in [1.82, 2.24) is 9.78 Å². The van der Waals surface area contributed by atoms with Crippen LogP contribution in [0.15, 0.2) is 30.3 Å². The summed E-state index contributed by atoms with van der Waals surface area (Å²) >= 11 is 0. The van der Waals surface area contributed by atoms with Crippen LogP contribution in [0.4, 0.5) is 5.69 Å². The quantitative estimate of drug-likeness (QED) is 0.641. The highest BCUT2D eigenvalue weighted by Crippen LogP contribution is 2.21. The molecule has 6 nitrogen and oxygen atoms in total. The number of nitro groups is 1. The van der Waals surface area contributed by atoms with Gasteiger partial charge < -0.3 is 5.73 Å². The molecule has 0 aliphatic rings. The van der Waals surface area contributed by atoms with Gasteiger partial charge in [-0.2, -0.15) is 5.10 Å². The Labute approximate surface area is 97.8 Å². The lowest BCUT2D eigenvalue weighted by Crippen LogP contribution is -2.03. The molecule has 0 spiro atoms. The monoisotopic (exact) mass is 232 g/mol. The zero-order valence-corrected chi connectivity index (χ0v) is 9.33. The maximum absolute atomic E-state index is 10.5. The van der Waals surface area contributed by atoms with Crippen LogP contribution in [-0.4, -0.2) is 14.7 Å². The van der Waals surface area contributed by atoms with E-state index in [1.807, 2.05) is 13.1 Å². The van der Waals surface area contributed by atoms with E-state index in [2.05, 4.69) is 5.10 Å². The molecule has 88 valence electrons. The fraction of sp³-hybridized carbons (Fsp3) is 0.182. The average Bonchev–Trinajstić information content (AvgIpc) is 2.70. The van der Waals surface area contributed by atoms with Crippen LogP contribution in [0.2, 0.25) is 0 Å². The number of nitrogens with two attached hydrogens (primary N) is 1. The van der Waals surface area contributed by atoms with Gasteiger partial charge in [0.25, 0.3) is 5.69 Å². The van der Waals surface area contributed by atoms with Gasteiger partial charge >= 0.3 is 0 Å². The van der Waals surface area contributed by atoms with Crippen molar-refractivity contribution >= 4 is 5.69 Å². The molecular formula is C11H12N4O2. The Balaban J connectivity index is 2.36. The van der Waals surface area contributed by atoms with E-state index in [0.29, 0.717) is 6.54 Å². The van der Waals surface area contributed by atoms with E-state index in [9.17, 15) is 10.1 Å². The van der Waals surface area contributed by atoms with Gasteiger partial charge in [0.2, 0.25) is 0 Å². The van der Waals surface area contributed by atoms with Gasteiger partial charge in [0, 0.05) is 31.3 Å². The Morgan fingerprint density at radius 2 is 2.06 bits per heavy atom. The van der Waals surface area contributed by atoms with Crippen LogP contribution in [0.1, 0.15) is 5.69 Å². The molecule has 0 unspecified atom stereocenters. The van der Waals surface area contributed by atoms with Crippen molar-refractivity contribution in [1.29, 1.82) is 0 Å². The molecule has 0 fully saturated rings. The number of nitrogens with zero attached hydrogens (tertiary/aromatic N) is 3. The number of aryl methyl sites for hydroxylation is 1. The van der Waals surface area contributed by atoms with E-state index in [0.717, 1.165) is 17.0 Å². The summed E-state index contributed by atoms with van der Waals surface area (Å²) < 4.78 is 1.71. The van der Waals surface area contributed by atoms with Crippen molar-refractivity contribution in [2.75, 3.05) is 0 Å². The third-order valence-electron chi connectivity index (χ3n) is 2.56. The SMILES string of the molecule is Cn1nc(-c2ccc([N+](=O)[O-])cc2)cc1CN. The smallest absolute Gasteiger partial charge is 0.269 e. The first-order valence-corrected chi connectivity index (χ1v) is 5.09. The molecule has 2 aromatic rings. The summed E-state index contributed by atoms with van der Waals surface area (Å²) in [7, 11) is 1.82. The summed E-state index contributed by atoms with van der Waals surface area (Å²) in [6.07, 6.45) is 0. The van der Waals surface area contributed by atoms with Crippen LogP contribution < -0.4 is 5.73 Å². The van der Waals surface area contributed by atoms with Crippen molar-refractivity contribution in [2.45, 2.75) is 6.54 Å². The summed E-state index contributed by atoms with van der Waals surface area (Å²) in [6, 6.07) is 8.17. The number of hydrogen-bond acceptors (Lipinski definition) is 4. The van der Waals surface area contributed by atoms with Crippen LogP contribution in [0, 0.1) is 10.1 Å². The number of hydrogen-bond donors (Lipinski definition) is 1. The number of non-ortho nitro benzene ring substituents is 1. The maximum Gasteiger partial charge on any atom is 0.269 e. The van der Waals surface area contributed by atoms with E-state index in [1.165, 1.54) is 12.1 Å². The molecule has 1 aromatic carbocycles. The number of benzene rings is 1. The third kappa shape index (κ3) is 2.16. The molecule has 0 aliphatic heterocycles. The minimum atomic E-state index is -0.423. The summed E-state index contributed by atoms with van der Waals surface area (Å²) in [4.78, 5) is 10.1. The van der Waals surface area contributed by atoms with Crippen molar-refractivity contribution in [2.24, 2.45) is 12.8 Å². The number of nitro benzene ring substituents is 1. The van der Waals surface area contributed by atoms with Gasteiger partial charge in [-0.1, -0.05) is 0 Å². The highest BCUT2D eigenvalue weighted by Gasteiger charge is 2.08. The van der Waals surface area contributed by atoms with E-state index >= 15 is 0 Å². The Hall–Kier alpha value is -2.21. The lowest BCUT2D eigenvalue weighted by molar-refractivity contribution is -0.384. The van der Waals surface area contributed by atoms with E-state index in [4.69, 9.17) is 5.73 Å². The molecule has 0 radical (unpaired) electrons. The lowest BCUT2D eigenvalue weighted by atomic mass is 10.1. The largest absolute Gasteiger partial charge is 0.325 e. The van der Waals surface area contributed by atoms with Gasteiger partial charge in [-0.15, -0.1) is 0 Å². The van der Waals surface area contributed by atoms with Crippen LogP contribution in [0.3, 0.4) is 0 Å². The first kappa shape index (κ1) is 11.3. The minimum absolute atomic E-state index is 0.0729. The first-order valence-electron chi connectivity index (χ1n) is 5.09. The summed E-state index contributed by atoms with van der Waals surface area (Å²) in [5, 5.41) is 14.8. The topological polar surface area (TPSA) is 87.0 Å². The lowest BCUT2D eigenvalue weighted by Gasteiger charge is -1.95. The standard InChI is InChI=1S/C11H12N4O2/c1-14-10(7-12)6-11(13-14)8-2-4-9(5-3-8)15(16)17/h2-6H,7,12H2,1H3.